The predicted molar refractivity (Wildman–Crippen MR) is 89.1 cm³/mol. The molecular weight excluding hydrogens is 328 g/mol. The average molecular weight is 339 g/mol. The molecule has 0 bridgehead atoms. The van der Waals surface area contributed by atoms with Crippen LogP contribution in [0.5, 0.6) is 0 Å². The van der Waals surface area contributed by atoms with Gasteiger partial charge >= 0.3 is 0 Å². The van der Waals surface area contributed by atoms with Crippen molar-refractivity contribution in [3.63, 3.8) is 0 Å². The van der Waals surface area contributed by atoms with Crippen molar-refractivity contribution in [2.75, 3.05) is 11.6 Å². The van der Waals surface area contributed by atoms with Crippen molar-refractivity contribution in [3.8, 4) is 0 Å². The van der Waals surface area contributed by atoms with E-state index in [1.807, 2.05) is 24.5 Å². The maximum absolute atomic E-state index is 11.6. The van der Waals surface area contributed by atoms with Gasteiger partial charge < -0.3 is 5.32 Å². The lowest BCUT2D eigenvalue weighted by Crippen LogP contribution is -2.12. The third-order valence-electron chi connectivity index (χ3n) is 2.77. The Labute approximate surface area is 134 Å². The summed E-state index contributed by atoms with van der Waals surface area (Å²) < 4.78 is 1.28. The zero-order chi connectivity index (χ0) is 14.8. The molecule has 0 unspecified atom stereocenters. The fourth-order valence-electron chi connectivity index (χ4n) is 1.84. The first kappa shape index (κ1) is 14.4. The van der Waals surface area contributed by atoms with E-state index in [0.29, 0.717) is 10.1 Å². The highest BCUT2D eigenvalue weighted by Crippen LogP contribution is 2.27. The molecule has 0 saturated carbocycles. The topological polar surface area (TPSA) is 59.3 Å². The Morgan fingerprint density at radius 3 is 3.05 bits per heavy atom. The van der Waals surface area contributed by atoms with E-state index in [0.717, 1.165) is 22.0 Å². The number of rotatable bonds is 4. The first-order valence-electron chi connectivity index (χ1n) is 6.06. The van der Waals surface area contributed by atoms with Gasteiger partial charge in [-0.05, 0) is 30.0 Å². The lowest BCUT2D eigenvalue weighted by molar-refractivity contribution is 0.903. The summed E-state index contributed by atoms with van der Waals surface area (Å²) in [5.74, 6) is 0.842. The predicted octanol–water partition coefficient (Wildman–Crippen LogP) is 3.41. The second-order valence-corrected chi connectivity index (χ2v) is 6.48. The highest BCUT2D eigenvalue weighted by atomic mass is 35.5. The Kier molecular flexibility index (Phi) is 4.14. The number of benzene rings is 1. The van der Waals surface area contributed by atoms with Crippen molar-refractivity contribution >= 4 is 50.5 Å². The second kappa shape index (κ2) is 6.05. The average Bonchev–Trinajstić information content (AvgIpc) is 2.87. The van der Waals surface area contributed by atoms with Gasteiger partial charge in [0, 0.05) is 28.7 Å². The fourth-order valence-corrected chi connectivity index (χ4v) is 3.44. The van der Waals surface area contributed by atoms with E-state index in [2.05, 4.69) is 15.4 Å². The molecule has 0 amide bonds. The van der Waals surface area contributed by atoms with Gasteiger partial charge in [-0.25, -0.2) is 4.98 Å². The Balaban J connectivity index is 1.93. The minimum absolute atomic E-state index is 0.191. The maximum Gasteiger partial charge on any atom is 0.275 e. The number of nitrogens with one attached hydrogen (secondary N) is 1. The monoisotopic (exact) mass is 338 g/mol. The smallest absolute Gasteiger partial charge is 0.275 e. The number of hydrogen-bond acceptors (Lipinski definition) is 6. The molecule has 21 heavy (non-hydrogen) atoms. The van der Waals surface area contributed by atoms with Crippen LogP contribution in [-0.2, 0) is 5.75 Å². The molecule has 0 atom stereocenters. The molecule has 0 saturated heterocycles. The van der Waals surface area contributed by atoms with Crippen molar-refractivity contribution in [2.45, 2.75) is 5.75 Å². The molecule has 0 spiro atoms. The molecule has 0 aliphatic carbocycles. The quantitative estimate of drug-likeness (QED) is 0.790. The Morgan fingerprint density at radius 2 is 2.29 bits per heavy atom. The van der Waals surface area contributed by atoms with Gasteiger partial charge in [-0.2, -0.15) is 16.3 Å². The van der Waals surface area contributed by atoms with Crippen molar-refractivity contribution in [3.05, 3.63) is 51.4 Å². The number of anilines is 2. The Bertz CT molecular complexity index is 846. The van der Waals surface area contributed by atoms with Crippen LogP contribution in [0.2, 0.25) is 5.02 Å². The maximum atomic E-state index is 11.6. The third kappa shape index (κ3) is 3.04. The van der Waals surface area contributed by atoms with E-state index in [4.69, 9.17) is 11.6 Å². The largest absolute Gasteiger partial charge is 0.330 e. The summed E-state index contributed by atoms with van der Waals surface area (Å²) in [7, 11) is 0. The summed E-state index contributed by atoms with van der Waals surface area (Å²) in [5, 5.41) is 8.76. The molecule has 1 N–H and O–H groups in total. The molecule has 5 nitrogen and oxygen atoms in total. The minimum atomic E-state index is -0.191. The molecule has 2 aromatic heterocycles. The minimum Gasteiger partial charge on any atom is -0.330 e. The van der Waals surface area contributed by atoms with Gasteiger partial charge in [0.05, 0.1) is 0 Å². The van der Waals surface area contributed by atoms with Crippen molar-refractivity contribution in [1.82, 2.24) is 14.6 Å². The van der Waals surface area contributed by atoms with Gasteiger partial charge in [0.2, 0.25) is 10.1 Å². The molecule has 3 rings (SSSR count). The van der Waals surface area contributed by atoms with Crippen LogP contribution < -0.4 is 10.9 Å². The van der Waals surface area contributed by atoms with Crippen LogP contribution in [-0.4, -0.2) is 20.9 Å². The summed E-state index contributed by atoms with van der Waals surface area (Å²) in [5.41, 5.74) is 1.75. The van der Waals surface area contributed by atoms with Gasteiger partial charge in [0.15, 0.2) is 0 Å². The van der Waals surface area contributed by atoms with Crippen LogP contribution in [0.4, 0.5) is 10.8 Å². The molecule has 0 aliphatic heterocycles. The van der Waals surface area contributed by atoms with Crippen molar-refractivity contribution < 1.29 is 0 Å². The van der Waals surface area contributed by atoms with E-state index in [1.54, 1.807) is 11.8 Å². The molecule has 1 aromatic carbocycles. The number of fused-ring (bicyclic) bond motifs is 1. The zero-order valence-corrected chi connectivity index (χ0v) is 13.4. The highest BCUT2D eigenvalue weighted by molar-refractivity contribution is 7.97. The molecule has 108 valence electrons. The zero-order valence-electron chi connectivity index (χ0n) is 11.0. The fraction of sp³-hybridized carbons (Fsp3) is 0.154. The van der Waals surface area contributed by atoms with E-state index in [-0.39, 0.29) is 5.56 Å². The number of nitrogens with zero attached hydrogens (tertiary/aromatic N) is 3. The van der Waals surface area contributed by atoms with Gasteiger partial charge in [0.25, 0.3) is 5.56 Å². The molecule has 2 heterocycles. The van der Waals surface area contributed by atoms with E-state index in [1.165, 1.54) is 28.1 Å². The van der Waals surface area contributed by atoms with Crippen molar-refractivity contribution in [2.24, 2.45) is 0 Å². The van der Waals surface area contributed by atoms with Gasteiger partial charge in [-0.1, -0.05) is 22.9 Å². The van der Waals surface area contributed by atoms with Gasteiger partial charge in [0.1, 0.15) is 0 Å². The van der Waals surface area contributed by atoms with E-state index in [9.17, 15) is 4.79 Å². The van der Waals surface area contributed by atoms with Crippen LogP contribution >= 0.6 is 34.7 Å². The lowest BCUT2D eigenvalue weighted by Gasteiger charge is -2.06. The first-order chi connectivity index (χ1) is 10.2. The summed E-state index contributed by atoms with van der Waals surface area (Å²) in [6.45, 7) is 0. The van der Waals surface area contributed by atoms with Crippen molar-refractivity contribution in [1.29, 1.82) is 0 Å². The number of thioether (sulfide) groups is 1. The van der Waals surface area contributed by atoms with E-state index < -0.39 is 0 Å². The SMILES string of the molecule is CSCc1cc(Nc2nn3c(=O)ccnc3s2)ccc1Cl. The van der Waals surface area contributed by atoms with E-state index >= 15 is 0 Å². The normalized spacial score (nSPS) is 11.0. The standard InChI is InChI=1S/C13H11ClN4OS2/c1-20-7-8-6-9(2-3-10(8)14)16-12-17-18-11(19)4-5-15-13(18)21-12/h2-6H,7H2,1H3,(H,16,17). The van der Waals surface area contributed by atoms with Gasteiger partial charge in [-0.15, -0.1) is 5.10 Å². The summed E-state index contributed by atoms with van der Waals surface area (Å²) in [6, 6.07) is 7.11. The summed E-state index contributed by atoms with van der Waals surface area (Å²) >= 11 is 9.18. The van der Waals surface area contributed by atoms with Crippen LogP contribution in [0.15, 0.2) is 35.3 Å². The Morgan fingerprint density at radius 1 is 1.43 bits per heavy atom. The molecule has 0 radical (unpaired) electrons. The molecule has 8 heteroatoms. The van der Waals surface area contributed by atoms with Crippen LogP contribution in [0.1, 0.15) is 5.56 Å². The molecule has 3 aromatic rings. The third-order valence-corrected chi connectivity index (χ3v) is 4.57. The highest BCUT2D eigenvalue weighted by Gasteiger charge is 2.07. The van der Waals surface area contributed by atoms with Crippen LogP contribution in [0, 0.1) is 0 Å². The number of aromatic nitrogens is 3. The molecule has 0 aliphatic rings. The lowest BCUT2D eigenvalue weighted by atomic mass is 10.2. The number of hydrogen-bond donors (Lipinski definition) is 1. The second-order valence-electron chi connectivity index (χ2n) is 4.25. The van der Waals surface area contributed by atoms with Crippen LogP contribution in [0.3, 0.4) is 0 Å². The molecule has 0 fully saturated rings. The molecular formula is C13H11ClN4OS2. The van der Waals surface area contributed by atoms with Crippen LogP contribution in [0.25, 0.3) is 4.96 Å². The number of halogens is 1. The first-order valence-corrected chi connectivity index (χ1v) is 8.65. The Hall–Kier alpha value is -1.57. The summed E-state index contributed by atoms with van der Waals surface area (Å²) in [4.78, 5) is 16.3. The van der Waals surface area contributed by atoms with Gasteiger partial charge in [-0.3, -0.25) is 4.79 Å². The summed E-state index contributed by atoms with van der Waals surface area (Å²) in [6.07, 6.45) is 3.51.